The van der Waals surface area contributed by atoms with E-state index in [0.717, 1.165) is 0 Å². The predicted molar refractivity (Wildman–Crippen MR) is 82.6 cm³/mol. The highest BCUT2D eigenvalue weighted by Gasteiger charge is 2.15. The van der Waals surface area contributed by atoms with Crippen molar-refractivity contribution in [3.05, 3.63) is 65.4 Å². The van der Waals surface area contributed by atoms with E-state index in [1.54, 1.807) is 36.4 Å². The van der Waals surface area contributed by atoms with Crippen molar-refractivity contribution in [2.24, 2.45) is 0 Å². The van der Waals surface area contributed by atoms with E-state index in [9.17, 15) is 9.18 Å². The van der Waals surface area contributed by atoms with Gasteiger partial charge in [0.25, 0.3) is 0 Å². The van der Waals surface area contributed by atoms with Crippen molar-refractivity contribution in [2.45, 2.75) is 0 Å². The minimum atomic E-state index is -1.48. The fraction of sp³-hybridized carbons (Fsp3) is 0. The fourth-order valence-corrected chi connectivity index (χ4v) is 2.26. The number of hydrogen-bond donors (Lipinski definition) is 1. The van der Waals surface area contributed by atoms with Crippen molar-refractivity contribution in [2.75, 3.05) is 0 Å². The van der Waals surface area contributed by atoms with Crippen LogP contribution in [-0.2, 0) is 0 Å². The highest BCUT2D eigenvalue weighted by atomic mass is 35.5. The Balaban J connectivity index is 2.14. The van der Waals surface area contributed by atoms with Gasteiger partial charge < -0.3 is 9.84 Å². The van der Waals surface area contributed by atoms with E-state index in [4.69, 9.17) is 16.7 Å². The number of aromatic nitrogens is 2. The molecule has 1 heterocycles. The maximum atomic E-state index is 13.5. The third kappa shape index (κ3) is 3.32. The number of benzene rings is 2. The van der Waals surface area contributed by atoms with E-state index in [2.05, 4.69) is 9.84 Å². The Labute approximate surface area is 135 Å². The van der Waals surface area contributed by atoms with E-state index in [1.165, 1.54) is 22.9 Å². The lowest BCUT2D eigenvalue weighted by Gasteiger charge is -2.07. The molecule has 0 aliphatic carbocycles. The fourth-order valence-electron chi connectivity index (χ4n) is 2.13. The Morgan fingerprint density at radius 1 is 1.17 bits per heavy atom. The highest BCUT2D eigenvalue weighted by Crippen LogP contribution is 2.28. The van der Waals surface area contributed by atoms with Gasteiger partial charge in [0.05, 0.1) is 11.4 Å². The van der Waals surface area contributed by atoms with E-state index in [1.807, 2.05) is 0 Å². The molecule has 0 amide bonds. The molecule has 1 N–H and O–H groups in total. The molecule has 23 heavy (non-hydrogen) atoms. The minimum Gasteiger partial charge on any atom is -0.449 e. The molecule has 0 aliphatic rings. The molecule has 0 saturated heterocycles. The molecule has 0 bridgehead atoms. The first kappa shape index (κ1) is 15.1. The summed E-state index contributed by atoms with van der Waals surface area (Å²) in [5.74, 6) is -0.515. The summed E-state index contributed by atoms with van der Waals surface area (Å²) in [4.78, 5) is 10.7. The number of nitrogens with zero attached hydrogens (tertiary/aromatic N) is 2. The quantitative estimate of drug-likeness (QED) is 0.722. The van der Waals surface area contributed by atoms with E-state index >= 15 is 0 Å². The lowest BCUT2D eigenvalue weighted by atomic mass is 10.1. The second-order valence-corrected chi connectivity index (χ2v) is 5.07. The minimum absolute atomic E-state index is 0.105. The second kappa shape index (κ2) is 6.10. The Morgan fingerprint density at radius 3 is 2.57 bits per heavy atom. The van der Waals surface area contributed by atoms with Crippen LogP contribution >= 0.6 is 11.6 Å². The van der Waals surface area contributed by atoms with Crippen molar-refractivity contribution in [3.8, 4) is 22.8 Å². The first-order chi connectivity index (χ1) is 11.0. The summed E-state index contributed by atoms with van der Waals surface area (Å²) >= 11 is 5.87. The largest absolute Gasteiger partial charge is 0.512 e. The van der Waals surface area contributed by atoms with Gasteiger partial charge in [-0.05, 0) is 36.4 Å². The van der Waals surface area contributed by atoms with Gasteiger partial charge in [0.2, 0.25) is 5.88 Å². The zero-order valence-electron chi connectivity index (χ0n) is 11.6. The maximum absolute atomic E-state index is 13.5. The molecule has 7 heteroatoms. The van der Waals surface area contributed by atoms with Crippen molar-refractivity contribution >= 4 is 17.8 Å². The van der Waals surface area contributed by atoms with Crippen LogP contribution in [-0.4, -0.2) is 21.0 Å². The summed E-state index contributed by atoms with van der Waals surface area (Å²) in [6, 6.07) is 14.1. The Hall–Kier alpha value is -2.86. The average Bonchev–Trinajstić information content (AvgIpc) is 2.91. The zero-order chi connectivity index (χ0) is 16.4. The van der Waals surface area contributed by atoms with Crippen LogP contribution in [0.3, 0.4) is 0 Å². The molecule has 116 valence electrons. The van der Waals surface area contributed by atoms with Gasteiger partial charge in [0, 0.05) is 16.7 Å². The number of carboxylic acid groups (broad SMARTS) is 1. The number of halogens is 2. The second-order valence-electron chi connectivity index (χ2n) is 4.63. The van der Waals surface area contributed by atoms with Gasteiger partial charge in [0.1, 0.15) is 5.82 Å². The van der Waals surface area contributed by atoms with E-state index in [0.29, 0.717) is 22.0 Å². The first-order valence-electron chi connectivity index (χ1n) is 6.55. The van der Waals surface area contributed by atoms with Crippen LogP contribution in [0.2, 0.25) is 5.02 Å². The highest BCUT2D eigenvalue weighted by molar-refractivity contribution is 6.30. The molecule has 3 rings (SSSR count). The Kier molecular flexibility index (Phi) is 3.99. The van der Waals surface area contributed by atoms with Gasteiger partial charge in [-0.1, -0.05) is 23.7 Å². The molecule has 0 saturated carbocycles. The predicted octanol–water partition coefficient (Wildman–Crippen LogP) is 4.39. The molecule has 0 unspecified atom stereocenters. The van der Waals surface area contributed by atoms with Crippen LogP contribution in [0.15, 0.2) is 54.6 Å². The number of ether oxygens (including phenoxy) is 1. The standard InChI is InChI=1S/C16H10ClFN2O3/c17-11-4-6-13(7-5-11)20-14(9-15(19-20)23-16(21)22)10-2-1-3-12(18)8-10/h1-9H,(H,21,22). The molecule has 1 aromatic heterocycles. The van der Waals surface area contributed by atoms with Crippen LogP contribution in [0.4, 0.5) is 9.18 Å². The smallest absolute Gasteiger partial charge is 0.449 e. The van der Waals surface area contributed by atoms with E-state index in [-0.39, 0.29) is 5.88 Å². The Morgan fingerprint density at radius 2 is 1.91 bits per heavy atom. The van der Waals surface area contributed by atoms with Crippen LogP contribution in [0.5, 0.6) is 5.88 Å². The number of hydrogen-bond acceptors (Lipinski definition) is 3. The lowest BCUT2D eigenvalue weighted by Crippen LogP contribution is -2.04. The average molecular weight is 333 g/mol. The number of rotatable bonds is 3. The summed E-state index contributed by atoms with van der Waals surface area (Å²) in [5, 5.41) is 13.4. The molecule has 0 fully saturated rings. The summed E-state index contributed by atoms with van der Waals surface area (Å²) in [6.07, 6.45) is -1.48. The van der Waals surface area contributed by atoms with Gasteiger partial charge in [-0.2, -0.15) is 0 Å². The Bertz CT molecular complexity index is 862. The summed E-state index contributed by atoms with van der Waals surface area (Å²) in [5.41, 5.74) is 1.66. The monoisotopic (exact) mass is 332 g/mol. The third-order valence-electron chi connectivity index (χ3n) is 3.07. The van der Waals surface area contributed by atoms with Gasteiger partial charge in [-0.3, -0.25) is 0 Å². The van der Waals surface area contributed by atoms with Crippen molar-refractivity contribution < 1.29 is 19.0 Å². The van der Waals surface area contributed by atoms with Crippen LogP contribution in [0, 0.1) is 5.82 Å². The van der Waals surface area contributed by atoms with Crippen LogP contribution < -0.4 is 4.74 Å². The summed E-state index contributed by atoms with van der Waals surface area (Å²) in [7, 11) is 0. The van der Waals surface area contributed by atoms with Gasteiger partial charge >= 0.3 is 6.16 Å². The zero-order valence-corrected chi connectivity index (χ0v) is 12.4. The van der Waals surface area contributed by atoms with Crippen LogP contribution in [0.25, 0.3) is 16.9 Å². The maximum Gasteiger partial charge on any atom is 0.512 e. The molecular weight excluding hydrogens is 323 g/mol. The molecule has 0 aliphatic heterocycles. The number of carbonyl (C=O) groups is 1. The lowest BCUT2D eigenvalue weighted by molar-refractivity contribution is 0.142. The molecule has 3 aromatic rings. The first-order valence-corrected chi connectivity index (χ1v) is 6.93. The molecule has 0 atom stereocenters. The van der Waals surface area contributed by atoms with Gasteiger partial charge in [0.15, 0.2) is 0 Å². The SMILES string of the molecule is O=C(O)Oc1cc(-c2cccc(F)c2)n(-c2ccc(Cl)cc2)n1. The summed E-state index contributed by atoms with van der Waals surface area (Å²) in [6.45, 7) is 0. The van der Waals surface area contributed by atoms with Gasteiger partial charge in [-0.15, -0.1) is 5.10 Å². The molecule has 0 spiro atoms. The summed E-state index contributed by atoms with van der Waals surface area (Å²) < 4.78 is 19.5. The molecular formula is C16H10ClFN2O3. The molecule has 5 nitrogen and oxygen atoms in total. The normalized spacial score (nSPS) is 10.5. The van der Waals surface area contributed by atoms with Crippen molar-refractivity contribution in [1.29, 1.82) is 0 Å². The molecule has 0 radical (unpaired) electrons. The van der Waals surface area contributed by atoms with Crippen molar-refractivity contribution in [3.63, 3.8) is 0 Å². The topological polar surface area (TPSA) is 64.3 Å². The van der Waals surface area contributed by atoms with Crippen LogP contribution in [0.1, 0.15) is 0 Å². The van der Waals surface area contributed by atoms with E-state index < -0.39 is 12.0 Å². The van der Waals surface area contributed by atoms with Gasteiger partial charge in [-0.25, -0.2) is 13.9 Å². The van der Waals surface area contributed by atoms with Crippen molar-refractivity contribution in [1.82, 2.24) is 9.78 Å². The third-order valence-corrected chi connectivity index (χ3v) is 3.32. The molecule has 2 aromatic carbocycles.